The van der Waals surface area contributed by atoms with E-state index in [0.717, 1.165) is 26.2 Å². The van der Waals surface area contributed by atoms with Crippen LogP contribution in [-0.4, -0.2) is 35.1 Å². The smallest absolute Gasteiger partial charge is 0.0776 e. The number of unbranched alkanes of at least 4 members (excludes halogenated alkanes) is 8. The van der Waals surface area contributed by atoms with Gasteiger partial charge < -0.3 is 21.7 Å². The standard InChI is InChI=1S/C18H39IN4/c1-18(19)23(16-11-7-3-5-9-13-21)17-15-22-14-10-6-2-4-8-12-20/h15,17-18,22H,2-14,16,20-21H2,1H3/b17-15-. The molecule has 0 spiro atoms. The normalized spacial score (nSPS) is 12.7. The molecular weight excluding hydrogens is 399 g/mol. The van der Waals surface area contributed by atoms with Crippen LogP contribution in [0.15, 0.2) is 12.4 Å². The molecule has 0 saturated heterocycles. The second kappa shape index (κ2) is 18.3. The Bertz CT molecular complexity index is 259. The number of nitrogens with one attached hydrogen (secondary N) is 1. The highest BCUT2D eigenvalue weighted by molar-refractivity contribution is 14.1. The van der Waals surface area contributed by atoms with Gasteiger partial charge in [-0.25, -0.2) is 0 Å². The first-order valence-electron chi connectivity index (χ1n) is 9.42. The lowest BCUT2D eigenvalue weighted by Gasteiger charge is -2.23. The minimum Gasteiger partial charge on any atom is -0.390 e. The molecule has 0 aromatic rings. The first kappa shape index (κ1) is 23.0. The van der Waals surface area contributed by atoms with Crippen LogP contribution in [0.2, 0.25) is 0 Å². The summed E-state index contributed by atoms with van der Waals surface area (Å²) in [6, 6.07) is 0. The number of nitrogens with two attached hydrogens (primary N) is 2. The molecule has 0 aromatic carbocycles. The molecule has 0 radical (unpaired) electrons. The van der Waals surface area contributed by atoms with Crippen LogP contribution in [0.3, 0.4) is 0 Å². The van der Waals surface area contributed by atoms with E-state index in [0.29, 0.717) is 4.05 Å². The van der Waals surface area contributed by atoms with Crippen LogP contribution >= 0.6 is 22.6 Å². The van der Waals surface area contributed by atoms with Gasteiger partial charge in [-0.1, -0.05) is 61.1 Å². The summed E-state index contributed by atoms with van der Waals surface area (Å²) >= 11 is 2.49. The molecule has 5 N–H and O–H groups in total. The number of nitrogens with zero attached hydrogens (tertiary/aromatic N) is 1. The fraction of sp³-hybridized carbons (Fsp3) is 0.889. The topological polar surface area (TPSA) is 67.3 Å². The average Bonchev–Trinajstić information content (AvgIpc) is 2.54. The van der Waals surface area contributed by atoms with Crippen LogP contribution < -0.4 is 16.8 Å². The molecule has 1 atom stereocenters. The molecule has 0 saturated carbocycles. The van der Waals surface area contributed by atoms with Crippen LogP contribution in [0.1, 0.15) is 71.1 Å². The first-order chi connectivity index (χ1) is 11.2. The maximum atomic E-state index is 5.52. The molecule has 0 aliphatic rings. The van der Waals surface area contributed by atoms with Crippen molar-refractivity contribution in [2.24, 2.45) is 11.5 Å². The number of hydrogen-bond donors (Lipinski definition) is 3. The van der Waals surface area contributed by atoms with E-state index in [1.807, 2.05) is 0 Å². The van der Waals surface area contributed by atoms with E-state index in [1.54, 1.807) is 0 Å². The van der Waals surface area contributed by atoms with E-state index in [9.17, 15) is 0 Å². The van der Waals surface area contributed by atoms with Crippen molar-refractivity contribution < 1.29 is 0 Å². The largest absolute Gasteiger partial charge is 0.390 e. The van der Waals surface area contributed by atoms with Crippen LogP contribution in [0.25, 0.3) is 0 Å². The minimum atomic E-state index is 0.533. The Morgan fingerprint density at radius 1 is 0.870 bits per heavy atom. The van der Waals surface area contributed by atoms with Crippen molar-refractivity contribution >= 4 is 22.6 Å². The first-order valence-corrected chi connectivity index (χ1v) is 10.7. The van der Waals surface area contributed by atoms with E-state index in [1.165, 1.54) is 64.2 Å². The van der Waals surface area contributed by atoms with Gasteiger partial charge >= 0.3 is 0 Å². The summed E-state index contributed by atoms with van der Waals surface area (Å²) in [6.45, 7) is 6.12. The van der Waals surface area contributed by atoms with Gasteiger partial charge in [-0.15, -0.1) is 0 Å². The fourth-order valence-corrected chi connectivity index (χ4v) is 2.94. The molecule has 0 bridgehead atoms. The molecule has 0 aromatic heterocycles. The second-order valence-corrected chi connectivity index (χ2v) is 8.00. The number of hydrogen-bond acceptors (Lipinski definition) is 4. The summed E-state index contributed by atoms with van der Waals surface area (Å²) in [7, 11) is 0. The van der Waals surface area contributed by atoms with Gasteiger partial charge in [0, 0.05) is 25.5 Å². The molecule has 0 amide bonds. The monoisotopic (exact) mass is 438 g/mol. The molecule has 0 heterocycles. The zero-order valence-electron chi connectivity index (χ0n) is 15.1. The third kappa shape index (κ3) is 16.6. The molecule has 0 aliphatic carbocycles. The summed E-state index contributed by atoms with van der Waals surface area (Å²) in [5.41, 5.74) is 11.0. The van der Waals surface area contributed by atoms with Crippen LogP contribution in [0.5, 0.6) is 0 Å². The van der Waals surface area contributed by atoms with Crippen molar-refractivity contribution in [1.82, 2.24) is 10.2 Å². The summed E-state index contributed by atoms with van der Waals surface area (Å²) in [5, 5.41) is 3.42. The van der Waals surface area contributed by atoms with E-state index in [2.05, 4.69) is 52.1 Å². The predicted molar refractivity (Wildman–Crippen MR) is 112 cm³/mol. The zero-order chi connectivity index (χ0) is 17.2. The summed E-state index contributed by atoms with van der Waals surface area (Å²) in [6.07, 6.45) is 17.0. The molecule has 4 nitrogen and oxygen atoms in total. The molecule has 1 unspecified atom stereocenters. The quantitative estimate of drug-likeness (QED) is 0.139. The van der Waals surface area contributed by atoms with Gasteiger partial charge in [0.25, 0.3) is 0 Å². The van der Waals surface area contributed by atoms with Crippen molar-refractivity contribution in [3.63, 3.8) is 0 Å². The van der Waals surface area contributed by atoms with Gasteiger partial charge in [0.05, 0.1) is 4.05 Å². The number of rotatable bonds is 17. The lowest BCUT2D eigenvalue weighted by atomic mass is 10.1. The highest BCUT2D eigenvalue weighted by atomic mass is 127. The van der Waals surface area contributed by atoms with Crippen molar-refractivity contribution in [3.8, 4) is 0 Å². The Kier molecular flexibility index (Phi) is 18.3. The fourth-order valence-electron chi connectivity index (χ4n) is 2.47. The Balaban J connectivity index is 3.61. The van der Waals surface area contributed by atoms with Gasteiger partial charge in [-0.3, -0.25) is 0 Å². The third-order valence-corrected chi connectivity index (χ3v) is 4.70. The van der Waals surface area contributed by atoms with Crippen molar-refractivity contribution in [2.75, 3.05) is 26.2 Å². The molecular formula is C18H39IN4. The van der Waals surface area contributed by atoms with E-state index in [-0.39, 0.29) is 0 Å². The van der Waals surface area contributed by atoms with E-state index < -0.39 is 0 Å². The molecule has 5 heteroatoms. The van der Waals surface area contributed by atoms with Crippen molar-refractivity contribution in [1.29, 1.82) is 0 Å². The Morgan fingerprint density at radius 3 is 1.96 bits per heavy atom. The minimum absolute atomic E-state index is 0.533. The van der Waals surface area contributed by atoms with Crippen molar-refractivity contribution in [2.45, 2.75) is 75.2 Å². The number of alkyl halides is 1. The van der Waals surface area contributed by atoms with E-state index >= 15 is 0 Å². The molecule has 138 valence electrons. The van der Waals surface area contributed by atoms with E-state index in [4.69, 9.17) is 11.5 Å². The van der Waals surface area contributed by atoms with Gasteiger partial charge in [-0.05, 0) is 45.7 Å². The molecule has 0 rings (SSSR count). The summed E-state index contributed by atoms with van der Waals surface area (Å²) in [5.74, 6) is 0. The maximum Gasteiger partial charge on any atom is 0.0776 e. The summed E-state index contributed by atoms with van der Waals surface area (Å²) in [4.78, 5) is 2.41. The molecule has 0 fully saturated rings. The average molecular weight is 438 g/mol. The second-order valence-electron chi connectivity index (χ2n) is 6.19. The van der Waals surface area contributed by atoms with Gasteiger partial charge in [-0.2, -0.15) is 0 Å². The Morgan fingerprint density at radius 2 is 1.39 bits per heavy atom. The summed E-state index contributed by atoms with van der Waals surface area (Å²) < 4.78 is 0.533. The lowest BCUT2D eigenvalue weighted by molar-refractivity contribution is 0.365. The van der Waals surface area contributed by atoms with Gasteiger partial charge in [0.15, 0.2) is 0 Å². The van der Waals surface area contributed by atoms with Crippen LogP contribution in [-0.2, 0) is 0 Å². The number of halogens is 1. The van der Waals surface area contributed by atoms with Crippen LogP contribution in [0, 0.1) is 0 Å². The van der Waals surface area contributed by atoms with Crippen molar-refractivity contribution in [3.05, 3.63) is 12.4 Å². The van der Waals surface area contributed by atoms with Crippen LogP contribution in [0.4, 0.5) is 0 Å². The zero-order valence-corrected chi connectivity index (χ0v) is 17.3. The highest BCUT2D eigenvalue weighted by Crippen LogP contribution is 2.11. The van der Waals surface area contributed by atoms with Gasteiger partial charge in [0.2, 0.25) is 0 Å². The maximum absolute atomic E-state index is 5.52. The predicted octanol–water partition coefficient (Wildman–Crippen LogP) is 3.95. The third-order valence-electron chi connectivity index (χ3n) is 3.99. The SMILES string of the molecule is CC(I)N(/C=C\NCCCCCCCN)CCCCCCCN. The highest BCUT2D eigenvalue weighted by Gasteiger charge is 2.04. The molecule has 0 aliphatic heterocycles. The van der Waals surface area contributed by atoms with Gasteiger partial charge in [0.1, 0.15) is 0 Å². The lowest BCUT2D eigenvalue weighted by Crippen LogP contribution is -2.25. The molecule has 23 heavy (non-hydrogen) atoms. The Hall–Kier alpha value is -0.0100. The Labute approximate surface area is 158 Å².